The number of hydrogen-bond donors (Lipinski definition) is 0. The lowest BCUT2D eigenvalue weighted by Crippen LogP contribution is -2.62. The van der Waals surface area contributed by atoms with E-state index in [9.17, 15) is 0 Å². The van der Waals surface area contributed by atoms with E-state index in [1.54, 1.807) is 0 Å². The average molecular weight is 913 g/mol. The Kier molecular flexibility index (Phi) is 9.18. The summed E-state index contributed by atoms with van der Waals surface area (Å²) in [4.78, 5) is 5.48. The molecule has 0 saturated carbocycles. The monoisotopic (exact) mass is 912 g/mol. The first-order valence-electron chi connectivity index (χ1n) is 25.4. The van der Waals surface area contributed by atoms with Gasteiger partial charge in [-0.3, -0.25) is 0 Å². The Bertz CT molecular complexity index is 3580. The molecule has 4 heteroatoms. The summed E-state index contributed by atoms with van der Waals surface area (Å²) in [5.41, 5.74) is 24.3. The van der Waals surface area contributed by atoms with Crippen LogP contribution in [0.4, 0.5) is 28.4 Å². The number of benzene rings is 8. The quantitative estimate of drug-likeness (QED) is 0.162. The summed E-state index contributed by atoms with van der Waals surface area (Å²) < 4.78 is 2.69. The van der Waals surface area contributed by atoms with Crippen LogP contribution in [0.25, 0.3) is 53.6 Å². The van der Waals surface area contributed by atoms with Crippen molar-refractivity contribution in [3.05, 3.63) is 186 Å². The zero-order valence-electron chi connectivity index (χ0n) is 41.7. The van der Waals surface area contributed by atoms with E-state index >= 15 is 0 Å². The van der Waals surface area contributed by atoms with Crippen LogP contribution in [-0.2, 0) is 21.7 Å². The molecule has 340 valence electrons. The molecule has 2 aliphatic heterocycles. The zero-order valence-corrected chi connectivity index (χ0v) is 42.5. The van der Waals surface area contributed by atoms with Crippen molar-refractivity contribution in [3.8, 4) is 33.4 Å². The van der Waals surface area contributed by atoms with E-state index in [2.05, 4.69) is 230 Å². The molecule has 3 heterocycles. The van der Waals surface area contributed by atoms with Crippen LogP contribution in [0.1, 0.15) is 109 Å². The molecule has 0 atom stereocenters. The Morgan fingerprint density at radius 3 is 1.59 bits per heavy atom. The molecule has 2 nitrogen and oxygen atoms in total. The summed E-state index contributed by atoms with van der Waals surface area (Å²) in [7, 11) is 0. The minimum absolute atomic E-state index is 0.0258. The van der Waals surface area contributed by atoms with Crippen LogP contribution in [0.5, 0.6) is 0 Å². The van der Waals surface area contributed by atoms with E-state index in [0.29, 0.717) is 0 Å². The van der Waals surface area contributed by atoms with Crippen LogP contribution >= 0.6 is 11.3 Å². The molecule has 1 aromatic heterocycles. The fraction of sp³-hybridized carbons (Fsp3) is 0.262. The second-order valence-electron chi connectivity index (χ2n) is 23.5. The summed E-state index contributed by atoms with van der Waals surface area (Å²) in [5, 5.41) is 2.75. The van der Waals surface area contributed by atoms with Crippen LogP contribution < -0.4 is 20.6 Å². The Morgan fingerprint density at radius 1 is 0.449 bits per heavy atom. The molecule has 4 aliphatic rings. The predicted octanol–water partition coefficient (Wildman–Crippen LogP) is 17.1. The highest BCUT2D eigenvalue weighted by Crippen LogP contribution is 2.57. The third kappa shape index (κ3) is 6.36. The fourth-order valence-corrected chi connectivity index (χ4v) is 14.2. The predicted molar refractivity (Wildman–Crippen MR) is 299 cm³/mol. The van der Waals surface area contributed by atoms with Crippen molar-refractivity contribution in [2.24, 2.45) is 0 Å². The summed E-state index contributed by atoms with van der Waals surface area (Å²) in [6.45, 7) is 22.1. The third-order valence-electron chi connectivity index (χ3n) is 17.3. The molecule has 0 spiro atoms. The summed E-state index contributed by atoms with van der Waals surface area (Å²) >= 11 is 1.95. The first-order valence-corrected chi connectivity index (χ1v) is 26.2. The van der Waals surface area contributed by atoms with Crippen LogP contribution in [0.15, 0.2) is 158 Å². The van der Waals surface area contributed by atoms with Gasteiger partial charge in [0.25, 0.3) is 0 Å². The molecule has 13 rings (SSSR count). The van der Waals surface area contributed by atoms with Crippen molar-refractivity contribution < 1.29 is 0 Å². The number of hydrogen-bond acceptors (Lipinski definition) is 3. The number of rotatable bonds is 4. The number of aryl methyl sites for hydroxylation is 1. The Balaban J connectivity index is 1.19. The Labute approximate surface area is 413 Å². The molecular formula is C65H61BN2S. The molecule has 0 fully saturated rings. The van der Waals surface area contributed by atoms with E-state index in [-0.39, 0.29) is 28.5 Å². The van der Waals surface area contributed by atoms with Gasteiger partial charge in [-0.2, -0.15) is 0 Å². The van der Waals surface area contributed by atoms with E-state index in [4.69, 9.17) is 0 Å². The first-order chi connectivity index (χ1) is 33.1. The standard InChI is InChI=1S/C65H61BN2S/c1-40-34-44(42-20-14-11-15-21-42)26-29-53(40)67-55-38-51-49(63(4,5)31-33-65(51,8)9)36-52(55)66-61-56(67)39-58-59(46-22-16-17-23-57(46)69-58)60(61)47-35-48-50(64(6,7)32-30-62(48,2)3)37-54(47)68(66)45-27-24-43(25-28-45)41-18-12-10-13-19-41/h10-29,34-39H,30-33H2,1-9H3. The van der Waals surface area contributed by atoms with Gasteiger partial charge < -0.3 is 9.71 Å². The SMILES string of the molecule is Cc1cc(-c2ccccc2)ccc1N1c2cc3c(cc2B2c4c1cc1sc5ccccc5c1c4-c1cc4c(cc1N2c1ccc(-c2ccccc2)cc1)C(C)(C)CCC4(C)C)C(C)(C)CCC3(C)C. The maximum atomic E-state index is 2.78. The van der Waals surface area contributed by atoms with Crippen molar-refractivity contribution in [1.82, 2.24) is 0 Å². The van der Waals surface area contributed by atoms with Gasteiger partial charge in [-0.1, -0.05) is 159 Å². The Morgan fingerprint density at radius 2 is 0.971 bits per heavy atom. The molecule has 2 aliphatic carbocycles. The van der Waals surface area contributed by atoms with Gasteiger partial charge in [0.05, 0.1) is 0 Å². The van der Waals surface area contributed by atoms with Gasteiger partial charge in [0.2, 0.25) is 0 Å². The highest BCUT2D eigenvalue weighted by Gasteiger charge is 2.50. The van der Waals surface area contributed by atoms with Gasteiger partial charge in [0, 0.05) is 54.2 Å². The molecule has 0 saturated heterocycles. The van der Waals surface area contributed by atoms with Crippen molar-refractivity contribution in [2.45, 2.75) is 110 Å². The van der Waals surface area contributed by atoms with E-state index in [1.807, 2.05) is 11.3 Å². The fourth-order valence-electron chi connectivity index (χ4n) is 13.1. The molecular weight excluding hydrogens is 852 g/mol. The largest absolute Gasteiger partial charge is 0.376 e. The van der Waals surface area contributed by atoms with Crippen LogP contribution in [0.2, 0.25) is 0 Å². The molecule has 0 N–H and O–H groups in total. The lowest BCUT2D eigenvalue weighted by molar-refractivity contribution is 0.332. The second-order valence-corrected chi connectivity index (χ2v) is 24.5. The van der Waals surface area contributed by atoms with Gasteiger partial charge >= 0.3 is 6.85 Å². The summed E-state index contributed by atoms with van der Waals surface area (Å²) in [6, 6.07) is 60.9. The summed E-state index contributed by atoms with van der Waals surface area (Å²) in [6.07, 6.45) is 4.65. The lowest BCUT2D eigenvalue weighted by atomic mass is 9.42. The van der Waals surface area contributed by atoms with Crippen LogP contribution in [0.3, 0.4) is 0 Å². The Hall–Kier alpha value is -6.36. The zero-order chi connectivity index (χ0) is 47.4. The molecule has 0 radical (unpaired) electrons. The number of nitrogens with zero attached hydrogens (tertiary/aromatic N) is 2. The third-order valence-corrected chi connectivity index (χ3v) is 18.4. The van der Waals surface area contributed by atoms with Crippen molar-refractivity contribution in [3.63, 3.8) is 0 Å². The van der Waals surface area contributed by atoms with Crippen molar-refractivity contribution in [1.29, 1.82) is 0 Å². The molecule has 9 aromatic rings. The van der Waals surface area contributed by atoms with E-state index < -0.39 is 0 Å². The minimum Gasteiger partial charge on any atom is -0.376 e. The van der Waals surface area contributed by atoms with Gasteiger partial charge in [-0.15, -0.1) is 11.3 Å². The van der Waals surface area contributed by atoms with Crippen LogP contribution in [-0.4, -0.2) is 6.85 Å². The number of fused-ring (bicyclic) bond motifs is 10. The smallest absolute Gasteiger partial charge is 0.333 e. The first kappa shape index (κ1) is 42.7. The van der Waals surface area contributed by atoms with E-state index in [1.165, 1.54) is 134 Å². The average Bonchev–Trinajstić information content (AvgIpc) is 3.73. The minimum atomic E-state index is -0.0906. The number of thiophene rings is 1. The van der Waals surface area contributed by atoms with Crippen LogP contribution in [0, 0.1) is 6.92 Å². The van der Waals surface area contributed by atoms with Crippen molar-refractivity contribution in [2.75, 3.05) is 9.71 Å². The molecule has 0 bridgehead atoms. The lowest BCUT2D eigenvalue weighted by Gasteiger charge is -2.50. The molecule has 69 heavy (non-hydrogen) atoms. The highest BCUT2D eigenvalue weighted by atomic mass is 32.1. The maximum absolute atomic E-state index is 2.78. The molecule has 0 unspecified atom stereocenters. The van der Waals surface area contributed by atoms with Gasteiger partial charge in [-0.25, -0.2) is 0 Å². The highest BCUT2D eigenvalue weighted by molar-refractivity contribution is 7.26. The normalized spacial score (nSPS) is 17.8. The maximum Gasteiger partial charge on any atom is 0.333 e. The molecule has 0 amide bonds. The van der Waals surface area contributed by atoms with Crippen molar-refractivity contribution >= 4 is 77.7 Å². The van der Waals surface area contributed by atoms with Gasteiger partial charge in [-0.05, 0) is 175 Å². The second kappa shape index (κ2) is 14.8. The topological polar surface area (TPSA) is 6.48 Å². The van der Waals surface area contributed by atoms with Gasteiger partial charge in [0.15, 0.2) is 0 Å². The van der Waals surface area contributed by atoms with Gasteiger partial charge in [0.1, 0.15) is 0 Å². The molecule has 8 aromatic carbocycles. The summed E-state index contributed by atoms with van der Waals surface area (Å²) in [5.74, 6) is 0. The number of anilines is 5. The van der Waals surface area contributed by atoms with E-state index in [0.717, 1.165) is 12.8 Å².